The molecule has 2 heterocycles. The molecule has 1 aromatic carbocycles. The number of rotatable bonds is 5. The van der Waals surface area contributed by atoms with Crippen LogP contribution in [-0.4, -0.2) is 48.2 Å². The predicted octanol–water partition coefficient (Wildman–Crippen LogP) is 2.59. The van der Waals surface area contributed by atoms with Gasteiger partial charge in [-0.2, -0.15) is 0 Å². The van der Waals surface area contributed by atoms with Crippen LogP contribution >= 0.6 is 0 Å². The van der Waals surface area contributed by atoms with Gasteiger partial charge in [0.1, 0.15) is 17.9 Å². The van der Waals surface area contributed by atoms with Crippen molar-refractivity contribution in [1.82, 2.24) is 14.9 Å². The van der Waals surface area contributed by atoms with E-state index in [1.165, 1.54) is 18.4 Å². The Morgan fingerprint density at radius 1 is 1.30 bits per heavy atom. The molecule has 0 spiro atoms. The summed E-state index contributed by atoms with van der Waals surface area (Å²) in [4.78, 5) is 13.1. The third kappa shape index (κ3) is 3.79. The molecular formula is C18H24N4O. The molecular weight excluding hydrogens is 288 g/mol. The first-order chi connectivity index (χ1) is 11.3. The van der Waals surface area contributed by atoms with E-state index >= 15 is 0 Å². The van der Waals surface area contributed by atoms with E-state index < -0.39 is 0 Å². The van der Waals surface area contributed by atoms with E-state index in [9.17, 15) is 0 Å². The minimum Gasteiger partial charge on any atom is -0.496 e. The zero-order chi connectivity index (χ0) is 16.1. The Labute approximate surface area is 137 Å². The Kier molecular flexibility index (Phi) is 5.08. The fourth-order valence-electron chi connectivity index (χ4n) is 3.24. The summed E-state index contributed by atoms with van der Waals surface area (Å²) in [6.45, 7) is 3.10. The van der Waals surface area contributed by atoms with Gasteiger partial charge in [0.2, 0.25) is 0 Å². The summed E-state index contributed by atoms with van der Waals surface area (Å²) in [6.07, 6.45) is 5.81. The standard InChI is InChI=1S/C18H24N4O/c1-21(18-9-10-19-14-20-18)16-7-5-11-22(13-16)12-15-6-3-4-8-17(15)23-2/h3-4,6,8-10,14,16H,5,7,11-13H2,1-2H3. The van der Waals surface area contributed by atoms with Crippen molar-refractivity contribution in [2.45, 2.75) is 25.4 Å². The highest BCUT2D eigenvalue weighted by Crippen LogP contribution is 2.24. The summed E-state index contributed by atoms with van der Waals surface area (Å²) < 4.78 is 5.48. The van der Waals surface area contributed by atoms with Crippen LogP contribution in [0.15, 0.2) is 42.9 Å². The fraction of sp³-hybridized carbons (Fsp3) is 0.444. The second-order valence-corrected chi connectivity index (χ2v) is 6.02. The average molecular weight is 312 g/mol. The maximum absolute atomic E-state index is 5.48. The normalized spacial score (nSPS) is 18.6. The lowest BCUT2D eigenvalue weighted by Gasteiger charge is -2.38. The molecule has 122 valence electrons. The molecule has 0 aliphatic carbocycles. The number of aromatic nitrogens is 2. The zero-order valence-corrected chi connectivity index (χ0v) is 13.9. The van der Waals surface area contributed by atoms with Crippen molar-refractivity contribution in [2.75, 3.05) is 32.1 Å². The number of hydrogen-bond acceptors (Lipinski definition) is 5. The molecule has 1 unspecified atom stereocenters. The van der Waals surface area contributed by atoms with Gasteiger partial charge in [0, 0.05) is 37.9 Å². The van der Waals surface area contributed by atoms with E-state index in [1.54, 1.807) is 19.6 Å². The fourth-order valence-corrected chi connectivity index (χ4v) is 3.24. The van der Waals surface area contributed by atoms with Crippen molar-refractivity contribution in [3.63, 3.8) is 0 Å². The molecule has 1 aliphatic rings. The first-order valence-electron chi connectivity index (χ1n) is 8.11. The molecule has 0 bridgehead atoms. The van der Waals surface area contributed by atoms with Gasteiger partial charge in [-0.1, -0.05) is 18.2 Å². The maximum Gasteiger partial charge on any atom is 0.131 e. The van der Waals surface area contributed by atoms with Crippen LogP contribution in [0.25, 0.3) is 0 Å². The molecule has 23 heavy (non-hydrogen) atoms. The Balaban J connectivity index is 1.66. The third-order valence-electron chi connectivity index (χ3n) is 4.54. The van der Waals surface area contributed by atoms with Crippen molar-refractivity contribution in [2.24, 2.45) is 0 Å². The zero-order valence-electron chi connectivity index (χ0n) is 13.9. The smallest absolute Gasteiger partial charge is 0.131 e. The van der Waals surface area contributed by atoms with Gasteiger partial charge >= 0.3 is 0 Å². The number of likely N-dealkylation sites (tertiary alicyclic amines) is 1. The lowest BCUT2D eigenvalue weighted by molar-refractivity contribution is 0.196. The summed E-state index contributed by atoms with van der Waals surface area (Å²) in [7, 11) is 3.86. The van der Waals surface area contributed by atoms with Gasteiger partial charge in [-0.25, -0.2) is 9.97 Å². The number of anilines is 1. The molecule has 1 saturated heterocycles. The minimum absolute atomic E-state index is 0.480. The van der Waals surface area contributed by atoms with Gasteiger partial charge in [0.05, 0.1) is 7.11 Å². The molecule has 1 atom stereocenters. The third-order valence-corrected chi connectivity index (χ3v) is 4.54. The van der Waals surface area contributed by atoms with Crippen LogP contribution in [0, 0.1) is 0 Å². The Bertz CT molecular complexity index is 619. The van der Waals surface area contributed by atoms with Crippen LogP contribution < -0.4 is 9.64 Å². The van der Waals surface area contributed by atoms with E-state index in [4.69, 9.17) is 4.74 Å². The van der Waals surface area contributed by atoms with Crippen LogP contribution in [0.1, 0.15) is 18.4 Å². The van der Waals surface area contributed by atoms with Crippen LogP contribution in [-0.2, 0) is 6.54 Å². The predicted molar refractivity (Wildman–Crippen MR) is 91.7 cm³/mol. The van der Waals surface area contributed by atoms with Gasteiger partial charge in [-0.3, -0.25) is 4.90 Å². The number of methoxy groups -OCH3 is 1. The number of ether oxygens (including phenoxy) is 1. The molecule has 3 rings (SSSR count). The largest absolute Gasteiger partial charge is 0.496 e. The van der Waals surface area contributed by atoms with Crippen LogP contribution in [0.4, 0.5) is 5.82 Å². The number of piperidine rings is 1. The topological polar surface area (TPSA) is 41.5 Å². The molecule has 2 aromatic rings. The number of hydrogen-bond donors (Lipinski definition) is 0. The van der Waals surface area contributed by atoms with Crippen molar-refractivity contribution in [3.8, 4) is 5.75 Å². The average Bonchev–Trinajstić information content (AvgIpc) is 2.62. The Morgan fingerprint density at radius 2 is 2.17 bits per heavy atom. The number of para-hydroxylation sites is 1. The van der Waals surface area contributed by atoms with Crippen molar-refractivity contribution in [3.05, 3.63) is 48.4 Å². The molecule has 1 aliphatic heterocycles. The number of nitrogens with zero attached hydrogens (tertiary/aromatic N) is 4. The molecule has 1 fully saturated rings. The van der Waals surface area contributed by atoms with Gasteiger partial charge in [-0.05, 0) is 31.5 Å². The summed E-state index contributed by atoms with van der Waals surface area (Å²) in [6, 6.07) is 10.7. The number of benzene rings is 1. The lowest BCUT2D eigenvalue weighted by atomic mass is 10.0. The van der Waals surface area contributed by atoms with E-state index in [1.807, 2.05) is 18.2 Å². The highest BCUT2D eigenvalue weighted by atomic mass is 16.5. The van der Waals surface area contributed by atoms with Gasteiger partial charge in [-0.15, -0.1) is 0 Å². The molecule has 0 N–H and O–H groups in total. The second kappa shape index (κ2) is 7.42. The molecule has 0 saturated carbocycles. The highest BCUT2D eigenvalue weighted by Gasteiger charge is 2.24. The molecule has 0 amide bonds. The van der Waals surface area contributed by atoms with Crippen LogP contribution in [0.3, 0.4) is 0 Å². The molecule has 5 heteroatoms. The van der Waals surface area contributed by atoms with Crippen molar-refractivity contribution < 1.29 is 4.74 Å². The first kappa shape index (κ1) is 15.7. The van der Waals surface area contributed by atoms with Gasteiger partial charge in [0.15, 0.2) is 0 Å². The van der Waals surface area contributed by atoms with Crippen molar-refractivity contribution in [1.29, 1.82) is 0 Å². The molecule has 1 aromatic heterocycles. The number of likely N-dealkylation sites (N-methyl/N-ethyl adjacent to an activating group) is 1. The summed E-state index contributed by atoms with van der Waals surface area (Å²) in [5.74, 6) is 1.96. The van der Waals surface area contributed by atoms with E-state index in [0.717, 1.165) is 31.2 Å². The van der Waals surface area contributed by atoms with Crippen LogP contribution in [0.2, 0.25) is 0 Å². The maximum atomic E-state index is 5.48. The van der Waals surface area contributed by atoms with E-state index in [2.05, 4.69) is 38.9 Å². The highest BCUT2D eigenvalue weighted by molar-refractivity contribution is 5.37. The van der Waals surface area contributed by atoms with Gasteiger partial charge in [0.25, 0.3) is 0 Å². The SMILES string of the molecule is COc1ccccc1CN1CCCC(N(C)c2ccncn2)C1. The van der Waals surface area contributed by atoms with E-state index in [0.29, 0.717) is 6.04 Å². The summed E-state index contributed by atoms with van der Waals surface area (Å²) in [5, 5.41) is 0. The summed E-state index contributed by atoms with van der Waals surface area (Å²) >= 11 is 0. The first-order valence-corrected chi connectivity index (χ1v) is 8.11. The van der Waals surface area contributed by atoms with Gasteiger partial charge < -0.3 is 9.64 Å². The van der Waals surface area contributed by atoms with Crippen molar-refractivity contribution >= 4 is 5.82 Å². The summed E-state index contributed by atoms with van der Waals surface area (Å²) in [5.41, 5.74) is 1.25. The lowest BCUT2D eigenvalue weighted by Crippen LogP contribution is -2.46. The monoisotopic (exact) mass is 312 g/mol. The second-order valence-electron chi connectivity index (χ2n) is 6.02. The van der Waals surface area contributed by atoms with Crippen LogP contribution in [0.5, 0.6) is 5.75 Å². The quantitative estimate of drug-likeness (QED) is 0.849. The molecule has 5 nitrogen and oxygen atoms in total. The Morgan fingerprint density at radius 3 is 2.96 bits per heavy atom. The Hall–Kier alpha value is -2.14. The minimum atomic E-state index is 0.480. The van der Waals surface area contributed by atoms with E-state index in [-0.39, 0.29) is 0 Å². The molecule has 0 radical (unpaired) electrons.